The second-order valence-corrected chi connectivity index (χ2v) is 7.77. The number of nitrogens with zero attached hydrogens (tertiary/aromatic N) is 1. The summed E-state index contributed by atoms with van der Waals surface area (Å²) in [5.74, 6) is -0.0172. The van der Waals surface area contributed by atoms with Gasteiger partial charge in [0, 0.05) is 19.0 Å². The lowest BCUT2D eigenvalue weighted by atomic mass is 10.1. The van der Waals surface area contributed by atoms with Gasteiger partial charge in [0.15, 0.2) is 0 Å². The number of carbonyl (C=O) groups excluding carboxylic acids is 1. The molecular formula is C17H28N2O3S. The van der Waals surface area contributed by atoms with E-state index in [1.54, 1.807) is 6.07 Å². The highest BCUT2D eigenvalue weighted by molar-refractivity contribution is 7.92. The van der Waals surface area contributed by atoms with Gasteiger partial charge in [-0.05, 0) is 43.9 Å². The summed E-state index contributed by atoms with van der Waals surface area (Å²) in [5, 5.41) is 2.97. The maximum atomic E-state index is 12.0. The standard InChI is InChI=1S/C17H28N2O3S/c1-5-15(6-2)18-17(20)11-8-12-19(23(4,21)22)16-10-7-9-14(3)13-16/h7,9-10,13,15H,5-6,8,11-12H2,1-4H3,(H,18,20). The van der Waals surface area contributed by atoms with E-state index in [9.17, 15) is 13.2 Å². The van der Waals surface area contributed by atoms with Gasteiger partial charge in [-0.1, -0.05) is 26.0 Å². The molecule has 0 radical (unpaired) electrons. The first kappa shape index (κ1) is 19.5. The number of nitrogens with one attached hydrogen (secondary N) is 1. The van der Waals surface area contributed by atoms with E-state index in [4.69, 9.17) is 0 Å². The fourth-order valence-electron chi connectivity index (χ4n) is 2.45. The van der Waals surface area contributed by atoms with Crippen molar-refractivity contribution < 1.29 is 13.2 Å². The summed E-state index contributed by atoms with van der Waals surface area (Å²) in [4.78, 5) is 11.9. The van der Waals surface area contributed by atoms with Crippen molar-refractivity contribution in [2.24, 2.45) is 0 Å². The second kappa shape index (κ2) is 8.91. The van der Waals surface area contributed by atoms with E-state index in [0.717, 1.165) is 18.4 Å². The predicted molar refractivity (Wildman–Crippen MR) is 95.1 cm³/mol. The first-order valence-electron chi connectivity index (χ1n) is 8.11. The van der Waals surface area contributed by atoms with Gasteiger partial charge in [-0.3, -0.25) is 9.10 Å². The molecule has 1 aromatic rings. The summed E-state index contributed by atoms with van der Waals surface area (Å²) in [6, 6.07) is 7.57. The number of benzene rings is 1. The second-order valence-electron chi connectivity index (χ2n) is 5.86. The third-order valence-corrected chi connectivity index (χ3v) is 5.00. The first-order chi connectivity index (χ1) is 10.8. The van der Waals surface area contributed by atoms with E-state index >= 15 is 0 Å². The van der Waals surface area contributed by atoms with Gasteiger partial charge >= 0.3 is 0 Å². The molecule has 0 spiro atoms. The van der Waals surface area contributed by atoms with Crippen LogP contribution >= 0.6 is 0 Å². The molecule has 0 aliphatic heterocycles. The number of hydrogen-bond acceptors (Lipinski definition) is 3. The lowest BCUT2D eigenvalue weighted by Gasteiger charge is -2.23. The molecule has 23 heavy (non-hydrogen) atoms. The Labute approximate surface area is 140 Å². The minimum atomic E-state index is -3.36. The molecule has 130 valence electrons. The van der Waals surface area contributed by atoms with E-state index in [0.29, 0.717) is 25.1 Å². The summed E-state index contributed by atoms with van der Waals surface area (Å²) in [5.41, 5.74) is 1.65. The SMILES string of the molecule is CCC(CC)NC(=O)CCCN(c1cccc(C)c1)S(C)(=O)=O. The summed E-state index contributed by atoms with van der Waals surface area (Å²) >= 11 is 0. The van der Waals surface area contributed by atoms with E-state index in [-0.39, 0.29) is 11.9 Å². The van der Waals surface area contributed by atoms with E-state index in [1.807, 2.05) is 39.0 Å². The zero-order valence-corrected chi connectivity index (χ0v) is 15.3. The van der Waals surface area contributed by atoms with E-state index in [2.05, 4.69) is 5.32 Å². The maximum Gasteiger partial charge on any atom is 0.232 e. The third-order valence-electron chi connectivity index (χ3n) is 3.81. The Balaban J connectivity index is 2.65. The van der Waals surface area contributed by atoms with Crippen LogP contribution in [0, 0.1) is 6.92 Å². The number of hydrogen-bond donors (Lipinski definition) is 1. The average molecular weight is 340 g/mol. The van der Waals surface area contributed by atoms with Gasteiger partial charge in [0.25, 0.3) is 0 Å². The number of amides is 1. The molecule has 6 heteroatoms. The fourth-order valence-corrected chi connectivity index (χ4v) is 3.40. The van der Waals surface area contributed by atoms with Crippen LogP contribution < -0.4 is 9.62 Å². The van der Waals surface area contributed by atoms with Crippen molar-refractivity contribution >= 4 is 21.6 Å². The third kappa shape index (κ3) is 6.60. The molecule has 0 heterocycles. The van der Waals surface area contributed by atoms with Crippen molar-refractivity contribution in [1.29, 1.82) is 0 Å². The van der Waals surface area contributed by atoms with Crippen LogP contribution in [-0.2, 0) is 14.8 Å². The molecule has 1 rings (SSSR count). The zero-order chi connectivity index (χ0) is 17.5. The van der Waals surface area contributed by atoms with Crippen LogP contribution in [0.3, 0.4) is 0 Å². The minimum Gasteiger partial charge on any atom is -0.353 e. The number of aryl methyl sites for hydroxylation is 1. The number of anilines is 1. The molecule has 1 N–H and O–H groups in total. The van der Waals surface area contributed by atoms with Gasteiger partial charge in [0.2, 0.25) is 15.9 Å². The molecule has 0 saturated carbocycles. The Morgan fingerprint density at radius 2 is 1.91 bits per heavy atom. The van der Waals surface area contributed by atoms with Crippen molar-refractivity contribution in [2.75, 3.05) is 17.1 Å². The Hall–Kier alpha value is -1.56. The molecule has 1 amide bonds. The van der Waals surface area contributed by atoms with Gasteiger partial charge < -0.3 is 5.32 Å². The first-order valence-corrected chi connectivity index (χ1v) is 9.96. The molecular weight excluding hydrogens is 312 g/mol. The molecule has 0 aliphatic rings. The van der Waals surface area contributed by atoms with Crippen LogP contribution in [0.5, 0.6) is 0 Å². The van der Waals surface area contributed by atoms with Crippen LogP contribution in [0.15, 0.2) is 24.3 Å². The van der Waals surface area contributed by atoms with Crippen LogP contribution in [0.2, 0.25) is 0 Å². The number of carbonyl (C=O) groups is 1. The quantitative estimate of drug-likeness (QED) is 0.752. The van der Waals surface area contributed by atoms with Crippen molar-refractivity contribution in [3.05, 3.63) is 29.8 Å². The van der Waals surface area contributed by atoms with Crippen molar-refractivity contribution in [1.82, 2.24) is 5.32 Å². The van der Waals surface area contributed by atoms with E-state index in [1.165, 1.54) is 10.6 Å². The van der Waals surface area contributed by atoms with Gasteiger partial charge in [-0.2, -0.15) is 0 Å². The molecule has 0 saturated heterocycles. The average Bonchev–Trinajstić information content (AvgIpc) is 2.47. The van der Waals surface area contributed by atoms with E-state index < -0.39 is 10.0 Å². The normalized spacial score (nSPS) is 11.5. The highest BCUT2D eigenvalue weighted by atomic mass is 32.2. The summed E-state index contributed by atoms with van der Waals surface area (Å²) in [6.07, 6.45) is 3.82. The lowest BCUT2D eigenvalue weighted by Crippen LogP contribution is -2.35. The predicted octanol–water partition coefficient (Wildman–Crippen LogP) is 2.85. The van der Waals surface area contributed by atoms with Crippen LogP contribution in [0.25, 0.3) is 0 Å². The molecule has 0 atom stereocenters. The van der Waals surface area contributed by atoms with Crippen LogP contribution in [0.1, 0.15) is 45.1 Å². The topological polar surface area (TPSA) is 66.5 Å². The van der Waals surface area contributed by atoms with Gasteiger partial charge in [-0.15, -0.1) is 0 Å². The molecule has 0 aromatic heterocycles. The fraction of sp³-hybridized carbons (Fsp3) is 0.588. The Kier molecular flexibility index (Phi) is 7.55. The van der Waals surface area contributed by atoms with Crippen molar-refractivity contribution in [3.8, 4) is 0 Å². The van der Waals surface area contributed by atoms with Crippen molar-refractivity contribution in [3.63, 3.8) is 0 Å². The van der Waals surface area contributed by atoms with Gasteiger partial charge in [0.1, 0.15) is 0 Å². The summed E-state index contributed by atoms with van der Waals surface area (Å²) in [7, 11) is -3.36. The zero-order valence-electron chi connectivity index (χ0n) is 14.5. The smallest absolute Gasteiger partial charge is 0.232 e. The highest BCUT2D eigenvalue weighted by Crippen LogP contribution is 2.19. The summed E-state index contributed by atoms with van der Waals surface area (Å²) < 4.78 is 25.4. The lowest BCUT2D eigenvalue weighted by molar-refractivity contribution is -0.121. The molecule has 0 aliphatic carbocycles. The number of rotatable bonds is 9. The highest BCUT2D eigenvalue weighted by Gasteiger charge is 2.18. The monoisotopic (exact) mass is 340 g/mol. The Morgan fingerprint density at radius 1 is 1.26 bits per heavy atom. The Bertz CT molecular complexity index is 610. The van der Waals surface area contributed by atoms with Gasteiger partial charge in [-0.25, -0.2) is 8.42 Å². The molecule has 5 nitrogen and oxygen atoms in total. The molecule has 0 fully saturated rings. The maximum absolute atomic E-state index is 12.0. The Morgan fingerprint density at radius 3 is 2.43 bits per heavy atom. The summed E-state index contributed by atoms with van der Waals surface area (Å²) in [6.45, 7) is 6.31. The van der Waals surface area contributed by atoms with Crippen LogP contribution in [0.4, 0.5) is 5.69 Å². The minimum absolute atomic E-state index is 0.0172. The van der Waals surface area contributed by atoms with Crippen molar-refractivity contribution in [2.45, 2.75) is 52.5 Å². The van der Waals surface area contributed by atoms with Gasteiger partial charge in [0.05, 0.1) is 11.9 Å². The molecule has 0 unspecified atom stereocenters. The van der Waals surface area contributed by atoms with Crippen LogP contribution in [-0.4, -0.2) is 33.2 Å². The number of sulfonamides is 1. The largest absolute Gasteiger partial charge is 0.353 e. The molecule has 1 aromatic carbocycles. The molecule has 0 bridgehead atoms.